The summed E-state index contributed by atoms with van der Waals surface area (Å²) in [6, 6.07) is 13.3. The van der Waals surface area contributed by atoms with Crippen LogP contribution in [0, 0.1) is 0 Å². The van der Waals surface area contributed by atoms with Crippen molar-refractivity contribution in [1.29, 1.82) is 0 Å². The van der Waals surface area contributed by atoms with Gasteiger partial charge in [-0.2, -0.15) is 4.98 Å². The highest BCUT2D eigenvalue weighted by molar-refractivity contribution is 5.89. The van der Waals surface area contributed by atoms with E-state index in [0.29, 0.717) is 28.3 Å². The second kappa shape index (κ2) is 6.15. The standard InChI is InChI=1S/C17H15N5O/c18-14-9-8-13(16-20-10-21-17(23)22-16)12(15(14)19)7-6-11-4-2-1-3-5-11/h1-10H,18-19H2,(H,20,21,22,23). The van der Waals surface area contributed by atoms with Crippen molar-refractivity contribution >= 4 is 23.5 Å². The van der Waals surface area contributed by atoms with Crippen LogP contribution in [0.3, 0.4) is 0 Å². The van der Waals surface area contributed by atoms with Crippen LogP contribution in [0.1, 0.15) is 11.1 Å². The van der Waals surface area contributed by atoms with Crippen LogP contribution in [0.4, 0.5) is 11.4 Å². The van der Waals surface area contributed by atoms with E-state index in [1.165, 1.54) is 6.33 Å². The molecule has 0 radical (unpaired) electrons. The van der Waals surface area contributed by atoms with Crippen molar-refractivity contribution in [2.45, 2.75) is 0 Å². The van der Waals surface area contributed by atoms with Crippen molar-refractivity contribution in [3.05, 3.63) is 70.4 Å². The molecule has 2 aromatic carbocycles. The first-order valence-corrected chi connectivity index (χ1v) is 6.98. The minimum atomic E-state index is -0.469. The van der Waals surface area contributed by atoms with E-state index in [-0.39, 0.29) is 0 Å². The molecule has 6 heteroatoms. The molecule has 0 saturated heterocycles. The third-order valence-electron chi connectivity index (χ3n) is 3.41. The Balaban J connectivity index is 2.13. The average Bonchev–Trinajstić information content (AvgIpc) is 2.57. The van der Waals surface area contributed by atoms with Crippen molar-refractivity contribution in [3.63, 3.8) is 0 Å². The molecule has 0 saturated carbocycles. The van der Waals surface area contributed by atoms with Crippen LogP contribution in [0.25, 0.3) is 23.5 Å². The highest BCUT2D eigenvalue weighted by Gasteiger charge is 2.11. The zero-order valence-corrected chi connectivity index (χ0v) is 12.2. The highest BCUT2D eigenvalue weighted by Crippen LogP contribution is 2.31. The summed E-state index contributed by atoms with van der Waals surface area (Å²) in [6.45, 7) is 0. The number of H-pyrrole nitrogens is 1. The lowest BCUT2D eigenvalue weighted by atomic mass is 10.0. The number of rotatable bonds is 3. The van der Waals surface area contributed by atoms with E-state index in [9.17, 15) is 4.79 Å². The van der Waals surface area contributed by atoms with Crippen molar-refractivity contribution in [1.82, 2.24) is 15.0 Å². The van der Waals surface area contributed by atoms with Crippen molar-refractivity contribution in [3.8, 4) is 11.4 Å². The molecule has 1 heterocycles. The molecule has 5 N–H and O–H groups in total. The normalized spacial score (nSPS) is 11.0. The molecular weight excluding hydrogens is 290 g/mol. The third kappa shape index (κ3) is 3.11. The minimum Gasteiger partial charge on any atom is -0.397 e. The van der Waals surface area contributed by atoms with Crippen molar-refractivity contribution < 1.29 is 0 Å². The van der Waals surface area contributed by atoms with E-state index in [1.807, 2.05) is 42.5 Å². The Morgan fingerprint density at radius 2 is 1.74 bits per heavy atom. The summed E-state index contributed by atoms with van der Waals surface area (Å²) in [5, 5.41) is 0. The van der Waals surface area contributed by atoms with Gasteiger partial charge in [-0.15, -0.1) is 0 Å². The molecule has 6 nitrogen and oxygen atoms in total. The number of aromatic amines is 1. The van der Waals surface area contributed by atoms with Gasteiger partial charge >= 0.3 is 5.69 Å². The molecule has 23 heavy (non-hydrogen) atoms. The summed E-state index contributed by atoms with van der Waals surface area (Å²) < 4.78 is 0. The zero-order chi connectivity index (χ0) is 16.2. The second-order valence-electron chi connectivity index (χ2n) is 4.93. The summed E-state index contributed by atoms with van der Waals surface area (Å²) in [7, 11) is 0. The Labute approximate surface area is 132 Å². The molecular formula is C17H15N5O. The van der Waals surface area contributed by atoms with E-state index in [4.69, 9.17) is 11.5 Å². The first kappa shape index (κ1) is 14.5. The number of nitrogen functional groups attached to an aromatic ring is 2. The van der Waals surface area contributed by atoms with Gasteiger partial charge in [-0.3, -0.25) is 4.98 Å². The smallest absolute Gasteiger partial charge is 0.348 e. The molecule has 0 aliphatic carbocycles. The Hall–Kier alpha value is -3.41. The van der Waals surface area contributed by atoms with E-state index in [2.05, 4.69) is 15.0 Å². The van der Waals surface area contributed by atoms with Crippen LogP contribution in [0.2, 0.25) is 0 Å². The van der Waals surface area contributed by atoms with Crippen molar-refractivity contribution in [2.24, 2.45) is 0 Å². The number of anilines is 2. The van der Waals surface area contributed by atoms with Gasteiger partial charge in [-0.1, -0.05) is 42.5 Å². The predicted molar refractivity (Wildman–Crippen MR) is 92.3 cm³/mol. The van der Waals surface area contributed by atoms with Gasteiger partial charge in [0.1, 0.15) is 12.2 Å². The predicted octanol–water partition coefficient (Wildman–Crippen LogP) is 2.17. The van der Waals surface area contributed by atoms with Gasteiger partial charge in [0, 0.05) is 11.1 Å². The Kier molecular flexibility index (Phi) is 3.88. The van der Waals surface area contributed by atoms with E-state index >= 15 is 0 Å². The Morgan fingerprint density at radius 3 is 2.48 bits per heavy atom. The zero-order valence-electron chi connectivity index (χ0n) is 12.2. The number of hydrogen-bond donors (Lipinski definition) is 3. The maximum Gasteiger partial charge on any atom is 0.348 e. The Morgan fingerprint density at radius 1 is 0.957 bits per heavy atom. The maximum atomic E-state index is 11.4. The molecule has 0 aliphatic heterocycles. The van der Waals surface area contributed by atoms with Crippen LogP contribution in [0.15, 0.2) is 53.6 Å². The van der Waals surface area contributed by atoms with Gasteiger partial charge in [-0.25, -0.2) is 9.78 Å². The lowest BCUT2D eigenvalue weighted by Crippen LogP contribution is -2.12. The quantitative estimate of drug-likeness (QED) is 0.507. The monoisotopic (exact) mass is 305 g/mol. The number of aromatic nitrogens is 3. The molecule has 114 valence electrons. The molecule has 3 aromatic rings. The van der Waals surface area contributed by atoms with Crippen LogP contribution >= 0.6 is 0 Å². The number of nitrogens with one attached hydrogen (secondary N) is 1. The van der Waals surface area contributed by atoms with Crippen LogP contribution < -0.4 is 17.2 Å². The second-order valence-corrected chi connectivity index (χ2v) is 4.93. The summed E-state index contributed by atoms with van der Waals surface area (Å²) >= 11 is 0. The molecule has 0 fully saturated rings. The molecule has 0 atom stereocenters. The largest absolute Gasteiger partial charge is 0.397 e. The highest BCUT2D eigenvalue weighted by atomic mass is 16.1. The summed E-state index contributed by atoms with van der Waals surface area (Å²) in [5.41, 5.74) is 14.9. The molecule has 1 aromatic heterocycles. The van der Waals surface area contributed by atoms with Gasteiger partial charge in [0.15, 0.2) is 0 Å². The third-order valence-corrected chi connectivity index (χ3v) is 3.41. The molecule has 0 unspecified atom stereocenters. The van der Waals surface area contributed by atoms with E-state index < -0.39 is 5.69 Å². The lowest BCUT2D eigenvalue weighted by Gasteiger charge is -2.10. The molecule has 0 amide bonds. The fourth-order valence-corrected chi connectivity index (χ4v) is 2.22. The van der Waals surface area contributed by atoms with Crippen LogP contribution in [-0.4, -0.2) is 15.0 Å². The molecule has 3 rings (SSSR count). The molecule has 0 spiro atoms. The van der Waals surface area contributed by atoms with Crippen LogP contribution in [-0.2, 0) is 0 Å². The van der Waals surface area contributed by atoms with Gasteiger partial charge in [0.25, 0.3) is 0 Å². The van der Waals surface area contributed by atoms with E-state index in [0.717, 1.165) is 5.56 Å². The van der Waals surface area contributed by atoms with Crippen molar-refractivity contribution in [2.75, 3.05) is 11.5 Å². The Bertz CT molecular complexity index is 916. The minimum absolute atomic E-state index is 0.393. The summed E-state index contributed by atoms with van der Waals surface area (Å²) in [4.78, 5) is 21.7. The first-order chi connectivity index (χ1) is 11.1. The maximum absolute atomic E-state index is 11.4. The van der Waals surface area contributed by atoms with Gasteiger partial charge in [0.2, 0.25) is 0 Å². The van der Waals surface area contributed by atoms with E-state index in [1.54, 1.807) is 12.1 Å². The number of nitrogens with zero attached hydrogens (tertiary/aromatic N) is 2. The number of nitrogens with two attached hydrogens (primary N) is 2. The van der Waals surface area contributed by atoms with Gasteiger partial charge < -0.3 is 11.5 Å². The SMILES string of the molecule is Nc1ccc(-c2ncnc(=O)[nH]2)c(C=Cc2ccccc2)c1N. The van der Waals surface area contributed by atoms with Gasteiger partial charge in [-0.05, 0) is 17.7 Å². The lowest BCUT2D eigenvalue weighted by molar-refractivity contribution is 0.994. The fraction of sp³-hybridized carbons (Fsp3) is 0. The summed E-state index contributed by atoms with van der Waals surface area (Å²) in [5.74, 6) is 0.393. The van der Waals surface area contributed by atoms with Crippen LogP contribution in [0.5, 0.6) is 0 Å². The first-order valence-electron chi connectivity index (χ1n) is 6.98. The summed E-state index contributed by atoms with van der Waals surface area (Å²) in [6.07, 6.45) is 5.00. The molecule has 0 bridgehead atoms. The average molecular weight is 305 g/mol. The number of hydrogen-bond acceptors (Lipinski definition) is 5. The molecule has 0 aliphatic rings. The topological polar surface area (TPSA) is 111 Å². The van der Waals surface area contributed by atoms with Gasteiger partial charge in [0.05, 0.1) is 11.4 Å². The number of benzene rings is 2. The fourth-order valence-electron chi connectivity index (χ4n) is 2.22.